The third-order valence-corrected chi connectivity index (χ3v) is 2.52. The predicted octanol–water partition coefficient (Wildman–Crippen LogP) is 2.89. The number of nitrogens with zero attached hydrogens (tertiary/aromatic N) is 1. The molecule has 82 valence electrons. The van der Waals surface area contributed by atoms with Crippen LogP contribution in [0.25, 0.3) is 10.9 Å². The summed E-state index contributed by atoms with van der Waals surface area (Å²) in [5.74, 6) is -0.901. The molecule has 2 aromatic rings. The number of hydrogen-bond acceptors (Lipinski definition) is 2. The molecule has 2 rings (SSSR count). The second-order valence-electron chi connectivity index (χ2n) is 3.73. The van der Waals surface area contributed by atoms with Crippen molar-refractivity contribution < 1.29 is 9.90 Å². The van der Waals surface area contributed by atoms with Gasteiger partial charge in [0.1, 0.15) is 0 Å². The number of carbonyl (C=O) groups is 1. The normalized spacial score (nSPS) is 10.6. The van der Waals surface area contributed by atoms with Gasteiger partial charge in [0, 0.05) is 5.39 Å². The van der Waals surface area contributed by atoms with Crippen LogP contribution in [0.4, 0.5) is 0 Å². The predicted molar refractivity (Wildman–Crippen MR) is 62.7 cm³/mol. The van der Waals surface area contributed by atoms with Gasteiger partial charge in [-0.15, -0.1) is 0 Å². The molecule has 1 heterocycles. The number of para-hydroxylation sites is 1. The molecule has 0 spiro atoms. The Balaban J connectivity index is 2.65. The molecule has 1 aromatic carbocycles. The van der Waals surface area contributed by atoms with Crippen molar-refractivity contribution in [3.05, 3.63) is 41.6 Å². The third kappa shape index (κ3) is 1.89. The van der Waals surface area contributed by atoms with Crippen LogP contribution in [-0.4, -0.2) is 16.1 Å². The Hall–Kier alpha value is -1.90. The summed E-state index contributed by atoms with van der Waals surface area (Å²) in [5.41, 5.74) is 1.85. The summed E-state index contributed by atoms with van der Waals surface area (Å²) in [6.45, 7) is 2.02. The first kappa shape index (κ1) is 10.6. The molecule has 0 amide bonds. The number of pyridine rings is 1. The maximum atomic E-state index is 11.1. The number of carboxylic acids is 1. The van der Waals surface area contributed by atoms with Crippen LogP contribution in [-0.2, 0) is 6.42 Å². The van der Waals surface area contributed by atoms with Crippen molar-refractivity contribution in [3.63, 3.8) is 0 Å². The second-order valence-corrected chi connectivity index (χ2v) is 3.73. The summed E-state index contributed by atoms with van der Waals surface area (Å²) in [5, 5.41) is 9.99. The Bertz CT molecular complexity index is 534. The molecule has 0 radical (unpaired) electrons. The number of benzene rings is 1. The van der Waals surface area contributed by atoms with Gasteiger partial charge in [-0.05, 0) is 18.6 Å². The van der Waals surface area contributed by atoms with Gasteiger partial charge in [0.25, 0.3) is 0 Å². The Morgan fingerprint density at radius 3 is 2.81 bits per heavy atom. The van der Waals surface area contributed by atoms with E-state index < -0.39 is 5.97 Å². The molecule has 3 nitrogen and oxygen atoms in total. The van der Waals surface area contributed by atoms with Crippen LogP contribution in [0, 0.1) is 0 Å². The van der Waals surface area contributed by atoms with Gasteiger partial charge in [0.2, 0.25) is 0 Å². The highest BCUT2D eigenvalue weighted by atomic mass is 16.4. The lowest BCUT2D eigenvalue weighted by Gasteiger charge is -2.06. The fraction of sp³-hybridized carbons (Fsp3) is 0.231. The zero-order chi connectivity index (χ0) is 11.5. The highest BCUT2D eigenvalue weighted by Gasteiger charge is 2.11. The van der Waals surface area contributed by atoms with Crippen molar-refractivity contribution in [1.82, 2.24) is 4.98 Å². The van der Waals surface area contributed by atoms with Crippen LogP contribution < -0.4 is 0 Å². The van der Waals surface area contributed by atoms with Crippen molar-refractivity contribution in [2.75, 3.05) is 0 Å². The first-order chi connectivity index (χ1) is 7.72. The molecule has 0 aliphatic heterocycles. The molecule has 0 saturated carbocycles. The van der Waals surface area contributed by atoms with E-state index in [1.165, 1.54) is 0 Å². The van der Waals surface area contributed by atoms with Gasteiger partial charge < -0.3 is 5.11 Å². The van der Waals surface area contributed by atoms with Crippen molar-refractivity contribution in [3.8, 4) is 0 Å². The Labute approximate surface area is 93.7 Å². The monoisotopic (exact) mass is 215 g/mol. The third-order valence-electron chi connectivity index (χ3n) is 2.52. The highest BCUT2D eigenvalue weighted by molar-refractivity contribution is 5.93. The van der Waals surface area contributed by atoms with Gasteiger partial charge in [0.05, 0.1) is 16.8 Å². The fourth-order valence-corrected chi connectivity index (χ4v) is 1.77. The maximum absolute atomic E-state index is 11.1. The van der Waals surface area contributed by atoms with E-state index in [1.54, 1.807) is 6.07 Å². The maximum Gasteiger partial charge on any atom is 0.337 e. The van der Waals surface area contributed by atoms with Crippen LogP contribution in [0.1, 0.15) is 29.4 Å². The molecule has 0 unspecified atom stereocenters. The number of carboxylic acid groups (broad SMARTS) is 1. The van der Waals surface area contributed by atoms with Gasteiger partial charge >= 0.3 is 5.97 Å². The zero-order valence-corrected chi connectivity index (χ0v) is 9.10. The van der Waals surface area contributed by atoms with Crippen molar-refractivity contribution in [2.45, 2.75) is 19.8 Å². The SMILES string of the molecule is CCCc1nc2ccccc2cc1C(=O)O. The number of aryl methyl sites for hydroxylation is 1. The van der Waals surface area contributed by atoms with Gasteiger partial charge in [-0.3, -0.25) is 4.98 Å². The van der Waals surface area contributed by atoms with Crippen LogP contribution in [0.2, 0.25) is 0 Å². The van der Waals surface area contributed by atoms with Crippen LogP contribution in [0.3, 0.4) is 0 Å². The first-order valence-electron chi connectivity index (χ1n) is 5.34. The average Bonchev–Trinajstić information content (AvgIpc) is 2.28. The van der Waals surface area contributed by atoms with Crippen molar-refractivity contribution in [2.24, 2.45) is 0 Å². The van der Waals surface area contributed by atoms with E-state index in [4.69, 9.17) is 5.11 Å². The molecule has 0 aliphatic carbocycles. The molecule has 0 fully saturated rings. The average molecular weight is 215 g/mol. The molecule has 3 heteroatoms. The van der Waals surface area contributed by atoms with Crippen molar-refractivity contribution in [1.29, 1.82) is 0 Å². The first-order valence-corrected chi connectivity index (χ1v) is 5.34. The lowest BCUT2D eigenvalue weighted by Crippen LogP contribution is -2.05. The summed E-state index contributed by atoms with van der Waals surface area (Å²) in [6, 6.07) is 9.28. The summed E-state index contributed by atoms with van der Waals surface area (Å²) < 4.78 is 0. The van der Waals surface area contributed by atoms with Gasteiger partial charge in [-0.1, -0.05) is 31.5 Å². The molecule has 0 aliphatic rings. The summed E-state index contributed by atoms with van der Waals surface area (Å²) >= 11 is 0. The Morgan fingerprint density at radius 2 is 2.12 bits per heavy atom. The molecule has 1 aromatic heterocycles. The molecule has 0 atom stereocenters. The quantitative estimate of drug-likeness (QED) is 0.856. The molecule has 1 N–H and O–H groups in total. The van der Waals surface area contributed by atoms with E-state index in [0.717, 1.165) is 17.3 Å². The van der Waals surface area contributed by atoms with E-state index in [1.807, 2.05) is 31.2 Å². The number of hydrogen-bond donors (Lipinski definition) is 1. The number of rotatable bonds is 3. The van der Waals surface area contributed by atoms with E-state index in [-0.39, 0.29) is 0 Å². The minimum absolute atomic E-state index is 0.320. The lowest BCUT2D eigenvalue weighted by atomic mass is 10.1. The molecular formula is C13H13NO2. The van der Waals surface area contributed by atoms with Crippen LogP contribution in [0.15, 0.2) is 30.3 Å². The minimum Gasteiger partial charge on any atom is -0.478 e. The molecular weight excluding hydrogens is 202 g/mol. The topological polar surface area (TPSA) is 50.2 Å². The smallest absolute Gasteiger partial charge is 0.337 e. The van der Waals surface area contributed by atoms with Gasteiger partial charge in [-0.2, -0.15) is 0 Å². The largest absolute Gasteiger partial charge is 0.478 e. The van der Waals surface area contributed by atoms with E-state index in [2.05, 4.69) is 4.98 Å². The summed E-state index contributed by atoms with van der Waals surface area (Å²) in [7, 11) is 0. The highest BCUT2D eigenvalue weighted by Crippen LogP contribution is 2.17. The summed E-state index contributed by atoms with van der Waals surface area (Å²) in [6.07, 6.45) is 1.60. The molecule has 0 saturated heterocycles. The van der Waals surface area contributed by atoms with Crippen LogP contribution in [0.5, 0.6) is 0 Å². The number of fused-ring (bicyclic) bond motifs is 1. The fourth-order valence-electron chi connectivity index (χ4n) is 1.77. The van der Waals surface area contributed by atoms with Gasteiger partial charge in [0.15, 0.2) is 0 Å². The Morgan fingerprint density at radius 1 is 1.38 bits per heavy atom. The second kappa shape index (κ2) is 4.31. The van der Waals surface area contributed by atoms with E-state index in [0.29, 0.717) is 17.7 Å². The van der Waals surface area contributed by atoms with E-state index in [9.17, 15) is 4.79 Å². The van der Waals surface area contributed by atoms with Crippen LogP contribution >= 0.6 is 0 Å². The number of aromatic carboxylic acids is 1. The van der Waals surface area contributed by atoms with Crippen molar-refractivity contribution >= 4 is 16.9 Å². The lowest BCUT2D eigenvalue weighted by molar-refractivity contribution is 0.0695. The standard InChI is InChI=1S/C13H13NO2/c1-2-5-12-10(13(15)16)8-9-6-3-4-7-11(9)14-12/h3-4,6-8H,2,5H2,1H3,(H,15,16). The molecule has 0 bridgehead atoms. The minimum atomic E-state index is -0.901. The Kier molecular flexibility index (Phi) is 2.86. The van der Waals surface area contributed by atoms with Gasteiger partial charge in [-0.25, -0.2) is 4.79 Å². The molecule has 16 heavy (non-hydrogen) atoms. The van der Waals surface area contributed by atoms with E-state index >= 15 is 0 Å². The number of aromatic nitrogens is 1. The zero-order valence-electron chi connectivity index (χ0n) is 9.10. The summed E-state index contributed by atoms with van der Waals surface area (Å²) in [4.78, 5) is 15.5.